The smallest absolute Gasteiger partial charge is 0.233 e. The van der Waals surface area contributed by atoms with Crippen molar-refractivity contribution in [3.05, 3.63) is 83.1 Å². The molecule has 2 aromatic carbocycles. The molecule has 0 fully saturated rings. The molecule has 1 amide bonds. The molecule has 0 saturated heterocycles. The van der Waals surface area contributed by atoms with Crippen LogP contribution in [0.15, 0.2) is 67.0 Å². The maximum Gasteiger partial charge on any atom is 0.233 e. The van der Waals surface area contributed by atoms with Gasteiger partial charge in [-0.2, -0.15) is 0 Å². The SMILES string of the molecule is CCOc1ccc(CC(=O)N(Cc2cccnc2)c2nc3ccc(Cl)cc3s2)cc1. The predicted molar refractivity (Wildman–Crippen MR) is 121 cm³/mol. The fraction of sp³-hybridized carbons (Fsp3) is 0.174. The van der Waals surface area contributed by atoms with Gasteiger partial charge in [0.05, 0.1) is 29.8 Å². The molecule has 2 aromatic heterocycles. The normalized spacial score (nSPS) is 10.9. The van der Waals surface area contributed by atoms with Gasteiger partial charge in [-0.05, 0) is 54.4 Å². The molecule has 30 heavy (non-hydrogen) atoms. The highest BCUT2D eigenvalue weighted by atomic mass is 35.5. The molecule has 0 saturated carbocycles. The van der Waals surface area contributed by atoms with Crippen LogP contribution >= 0.6 is 22.9 Å². The van der Waals surface area contributed by atoms with Crippen molar-refractivity contribution >= 4 is 44.2 Å². The molecular weight excluding hydrogens is 418 g/mol. The number of nitrogens with zero attached hydrogens (tertiary/aromatic N) is 3. The summed E-state index contributed by atoms with van der Waals surface area (Å²) in [5, 5.41) is 1.30. The van der Waals surface area contributed by atoms with E-state index in [-0.39, 0.29) is 12.3 Å². The van der Waals surface area contributed by atoms with E-state index in [0.717, 1.165) is 27.1 Å². The Kier molecular flexibility index (Phi) is 6.26. The van der Waals surface area contributed by atoms with Gasteiger partial charge in [0, 0.05) is 17.4 Å². The predicted octanol–water partition coefficient (Wildman–Crippen LogP) is 5.52. The molecule has 152 valence electrons. The van der Waals surface area contributed by atoms with Crippen molar-refractivity contribution in [3.63, 3.8) is 0 Å². The molecule has 0 aliphatic carbocycles. The van der Waals surface area contributed by atoms with E-state index in [1.54, 1.807) is 23.4 Å². The number of anilines is 1. The zero-order valence-electron chi connectivity index (χ0n) is 16.4. The van der Waals surface area contributed by atoms with Crippen LogP contribution in [0.2, 0.25) is 5.02 Å². The summed E-state index contributed by atoms with van der Waals surface area (Å²) in [5.41, 5.74) is 2.68. The van der Waals surface area contributed by atoms with Gasteiger partial charge in [-0.3, -0.25) is 14.7 Å². The van der Waals surface area contributed by atoms with Crippen molar-refractivity contribution in [1.82, 2.24) is 9.97 Å². The second-order valence-electron chi connectivity index (χ2n) is 6.70. The topological polar surface area (TPSA) is 55.3 Å². The lowest BCUT2D eigenvalue weighted by Crippen LogP contribution is -2.31. The number of carbonyl (C=O) groups excluding carboxylic acids is 1. The molecule has 0 bridgehead atoms. The number of carbonyl (C=O) groups is 1. The highest BCUT2D eigenvalue weighted by Gasteiger charge is 2.21. The van der Waals surface area contributed by atoms with Crippen molar-refractivity contribution in [2.75, 3.05) is 11.5 Å². The summed E-state index contributed by atoms with van der Waals surface area (Å²) in [5.74, 6) is 0.761. The summed E-state index contributed by atoms with van der Waals surface area (Å²) < 4.78 is 6.43. The highest BCUT2D eigenvalue weighted by molar-refractivity contribution is 7.22. The third kappa shape index (κ3) is 4.78. The van der Waals surface area contributed by atoms with Gasteiger partial charge in [0.15, 0.2) is 5.13 Å². The van der Waals surface area contributed by atoms with Gasteiger partial charge in [-0.1, -0.05) is 41.1 Å². The lowest BCUT2D eigenvalue weighted by Gasteiger charge is -2.20. The first-order valence-electron chi connectivity index (χ1n) is 9.59. The number of ether oxygens (including phenoxy) is 1. The molecule has 0 unspecified atom stereocenters. The van der Waals surface area contributed by atoms with Crippen LogP contribution < -0.4 is 9.64 Å². The lowest BCUT2D eigenvalue weighted by molar-refractivity contribution is -0.118. The number of benzene rings is 2. The van der Waals surface area contributed by atoms with Crippen LogP contribution in [0.3, 0.4) is 0 Å². The van der Waals surface area contributed by atoms with Gasteiger partial charge in [0.25, 0.3) is 0 Å². The Morgan fingerprint density at radius 2 is 1.97 bits per heavy atom. The zero-order valence-corrected chi connectivity index (χ0v) is 18.0. The molecule has 0 aliphatic rings. The van der Waals surface area contributed by atoms with Gasteiger partial charge >= 0.3 is 0 Å². The Labute approximate surface area is 183 Å². The third-order valence-electron chi connectivity index (χ3n) is 4.52. The quantitative estimate of drug-likeness (QED) is 0.382. The number of rotatable bonds is 7. The fourth-order valence-corrected chi connectivity index (χ4v) is 4.34. The third-order valence-corrected chi connectivity index (χ3v) is 5.80. The molecule has 5 nitrogen and oxygen atoms in total. The number of thiazole rings is 1. The second-order valence-corrected chi connectivity index (χ2v) is 8.15. The Morgan fingerprint density at radius 3 is 2.70 bits per heavy atom. The highest BCUT2D eigenvalue weighted by Crippen LogP contribution is 2.32. The molecule has 4 rings (SSSR count). The van der Waals surface area contributed by atoms with Crippen molar-refractivity contribution in [2.24, 2.45) is 0 Å². The lowest BCUT2D eigenvalue weighted by atomic mass is 10.1. The summed E-state index contributed by atoms with van der Waals surface area (Å²) in [4.78, 5) is 23.8. The molecule has 7 heteroatoms. The molecule has 0 spiro atoms. The van der Waals surface area contributed by atoms with Gasteiger partial charge < -0.3 is 4.74 Å². The van der Waals surface area contributed by atoms with Crippen molar-refractivity contribution in [2.45, 2.75) is 19.9 Å². The largest absolute Gasteiger partial charge is 0.494 e. The van der Waals surface area contributed by atoms with Gasteiger partial charge in [-0.15, -0.1) is 0 Å². The average molecular weight is 438 g/mol. The van der Waals surface area contributed by atoms with Crippen LogP contribution in [0.25, 0.3) is 10.2 Å². The summed E-state index contributed by atoms with van der Waals surface area (Å²) in [6.07, 6.45) is 3.75. The first-order chi connectivity index (χ1) is 14.6. The number of fused-ring (bicyclic) bond motifs is 1. The summed E-state index contributed by atoms with van der Waals surface area (Å²) >= 11 is 7.58. The Morgan fingerprint density at radius 1 is 1.13 bits per heavy atom. The number of aromatic nitrogens is 2. The van der Waals surface area contributed by atoms with E-state index < -0.39 is 0 Å². The van der Waals surface area contributed by atoms with Gasteiger partial charge in [0.1, 0.15) is 5.75 Å². The monoisotopic (exact) mass is 437 g/mol. The minimum Gasteiger partial charge on any atom is -0.494 e. The van der Waals surface area contributed by atoms with E-state index in [4.69, 9.17) is 16.3 Å². The summed E-state index contributed by atoms with van der Waals surface area (Å²) in [6.45, 7) is 2.95. The first kappa shape index (κ1) is 20.3. The summed E-state index contributed by atoms with van der Waals surface area (Å²) in [6, 6.07) is 17.0. The molecule has 2 heterocycles. The van der Waals surface area contributed by atoms with Crippen LogP contribution in [-0.2, 0) is 17.8 Å². The summed E-state index contributed by atoms with van der Waals surface area (Å²) in [7, 11) is 0. The van der Waals surface area contributed by atoms with E-state index in [9.17, 15) is 4.79 Å². The van der Waals surface area contributed by atoms with E-state index in [1.807, 2.05) is 55.5 Å². The Hall–Kier alpha value is -2.96. The van der Waals surface area contributed by atoms with Crippen LogP contribution in [0.5, 0.6) is 5.75 Å². The van der Waals surface area contributed by atoms with Crippen LogP contribution in [0, 0.1) is 0 Å². The maximum atomic E-state index is 13.3. The number of halogens is 1. The van der Waals surface area contributed by atoms with E-state index in [1.165, 1.54) is 11.3 Å². The van der Waals surface area contributed by atoms with Crippen LogP contribution in [-0.4, -0.2) is 22.5 Å². The molecule has 0 radical (unpaired) electrons. The van der Waals surface area contributed by atoms with Crippen molar-refractivity contribution in [1.29, 1.82) is 0 Å². The average Bonchev–Trinajstić information content (AvgIpc) is 3.17. The van der Waals surface area contributed by atoms with Gasteiger partial charge in [0.2, 0.25) is 5.91 Å². The molecule has 4 aromatic rings. The Balaban J connectivity index is 1.62. The van der Waals surface area contributed by atoms with Crippen molar-refractivity contribution in [3.8, 4) is 5.75 Å². The molecule has 0 atom stereocenters. The second kappa shape index (κ2) is 9.24. The fourth-order valence-electron chi connectivity index (χ4n) is 3.08. The zero-order chi connectivity index (χ0) is 20.9. The van der Waals surface area contributed by atoms with Crippen molar-refractivity contribution < 1.29 is 9.53 Å². The van der Waals surface area contributed by atoms with E-state index in [2.05, 4.69) is 9.97 Å². The number of hydrogen-bond donors (Lipinski definition) is 0. The molecule has 0 aliphatic heterocycles. The Bertz CT molecular complexity index is 1150. The maximum absolute atomic E-state index is 13.3. The molecule has 0 N–H and O–H groups in total. The van der Waals surface area contributed by atoms with Gasteiger partial charge in [-0.25, -0.2) is 4.98 Å². The minimum absolute atomic E-state index is 0.0341. The van der Waals surface area contributed by atoms with E-state index >= 15 is 0 Å². The molecular formula is C23H20ClN3O2S. The van der Waals surface area contributed by atoms with Crippen LogP contribution in [0.1, 0.15) is 18.1 Å². The number of hydrogen-bond acceptors (Lipinski definition) is 5. The van der Waals surface area contributed by atoms with E-state index in [0.29, 0.717) is 23.3 Å². The minimum atomic E-state index is -0.0341. The van der Waals surface area contributed by atoms with Crippen LogP contribution in [0.4, 0.5) is 5.13 Å². The standard InChI is InChI=1S/C23H20ClN3O2S/c1-2-29-19-8-5-16(6-9-19)12-22(28)27(15-17-4-3-11-25-14-17)23-26-20-10-7-18(24)13-21(20)30-23/h3-11,13-14H,2,12,15H2,1H3. The number of amides is 1. The number of pyridine rings is 1. The first-order valence-corrected chi connectivity index (χ1v) is 10.8.